The van der Waals surface area contributed by atoms with E-state index in [9.17, 15) is 10.4 Å². The molecule has 26 heavy (non-hydrogen) atoms. The second-order valence-electron chi connectivity index (χ2n) is 6.40. The summed E-state index contributed by atoms with van der Waals surface area (Å²) < 4.78 is 11.5. The highest BCUT2D eigenvalue weighted by atomic mass is 16.6. The predicted octanol–water partition coefficient (Wildman–Crippen LogP) is 3.36. The topological polar surface area (TPSA) is 68.0 Å². The Morgan fingerprint density at radius 3 is 2.35 bits per heavy atom. The van der Waals surface area contributed by atoms with Crippen molar-refractivity contribution in [3.63, 3.8) is 0 Å². The van der Waals surface area contributed by atoms with Gasteiger partial charge in [-0.3, -0.25) is 0 Å². The number of hydrogen-bond acceptors (Lipinski definition) is 5. The highest BCUT2D eigenvalue weighted by Crippen LogP contribution is 2.40. The molecular formula is C20H24N2O4. The second kappa shape index (κ2) is 6.97. The zero-order chi connectivity index (χ0) is 18.9. The zero-order valence-corrected chi connectivity index (χ0v) is 15.5. The number of hydrogen-bond donors (Lipinski definition) is 1. The second-order valence-corrected chi connectivity index (χ2v) is 6.40. The van der Waals surface area contributed by atoms with Crippen molar-refractivity contribution in [2.45, 2.75) is 32.0 Å². The number of hydroxylamine groups is 3. The first-order chi connectivity index (χ1) is 12.5. The van der Waals surface area contributed by atoms with Gasteiger partial charge in [-0.2, -0.15) is 4.74 Å². The van der Waals surface area contributed by atoms with E-state index in [4.69, 9.17) is 9.47 Å². The molecule has 0 aliphatic carbocycles. The Kier molecular flexibility index (Phi) is 4.89. The van der Waals surface area contributed by atoms with E-state index in [1.54, 1.807) is 39.3 Å². The number of ether oxygens (including phenoxy) is 2. The number of nitrogens with zero attached hydrogens (tertiary/aromatic N) is 2. The lowest BCUT2D eigenvalue weighted by molar-refractivity contribution is -0.595. The molecule has 0 fully saturated rings. The fourth-order valence-corrected chi connectivity index (χ4v) is 3.55. The van der Waals surface area contributed by atoms with Gasteiger partial charge in [-0.1, -0.05) is 25.1 Å². The first kappa shape index (κ1) is 18.2. The predicted molar refractivity (Wildman–Crippen MR) is 98.8 cm³/mol. The van der Waals surface area contributed by atoms with Gasteiger partial charge in [-0.25, -0.2) is 0 Å². The van der Waals surface area contributed by atoms with Crippen molar-refractivity contribution in [1.82, 2.24) is 5.06 Å². The van der Waals surface area contributed by atoms with E-state index in [2.05, 4.69) is 0 Å². The lowest BCUT2D eigenvalue weighted by Gasteiger charge is -2.30. The molecule has 1 aliphatic heterocycles. The molecule has 0 unspecified atom stereocenters. The van der Waals surface area contributed by atoms with Crippen molar-refractivity contribution in [3.8, 4) is 11.5 Å². The summed E-state index contributed by atoms with van der Waals surface area (Å²) in [6.07, 6.45) is 0.600. The fourth-order valence-electron chi connectivity index (χ4n) is 3.55. The maximum absolute atomic E-state index is 13.4. The molecule has 138 valence electrons. The summed E-state index contributed by atoms with van der Waals surface area (Å²) in [6, 6.07) is 14.3. The van der Waals surface area contributed by atoms with Crippen LogP contribution in [0.25, 0.3) is 0 Å². The molecule has 0 spiro atoms. The molecule has 0 aromatic heterocycles. The lowest BCUT2D eigenvalue weighted by atomic mass is 10.00. The summed E-state index contributed by atoms with van der Waals surface area (Å²) in [4.78, 5) is 0. The van der Waals surface area contributed by atoms with Crippen LogP contribution < -0.4 is 9.47 Å². The van der Waals surface area contributed by atoms with Gasteiger partial charge in [-0.05, 0) is 36.8 Å². The molecule has 0 radical (unpaired) electrons. The molecule has 1 heterocycles. The summed E-state index contributed by atoms with van der Waals surface area (Å²) >= 11 is 0. The Hall–Kier alpha value is -2.57. The van der Waals surface area contributed by atoms with E-state index in [0.717, 1.165) is 15.4 Å². The highest BCUT2D eigenvalue weighted by Gasteiger charge is 2.55. The minimum atomic E-state index is -1.27. The Bertz CT molecular complexity index is 822. The molecule has 1 aliphatic rings. The maximum atomic E-state index is 13.4. The molecule has 1 N–H and O–H groups in total. The first-order valence-electron chi connectivity index (χ1n) is 8.59. The summed E-state index contributed by atoms with van der Waals surface area (Å²) in [5, 5.41) is 25.5. The third-order valence-corrected chi connectivity index (χ3v) is 5.06. The normalized spacial score (nSPS) is 23.3. The van der Waals surface area contributed by atoms with Gasteiger partial charge in [0.2, 0.25) is 5.71 Å². The average molecular weight is 356 g/mol. The molecule has 3 rings (SSSR count). The Balaban J connectivity index is 2.18. The van der Waals surface area contributed by atoms with Crippen molar-refractivity contribution < 1.29 is 19.4 Å². The molecule has 2 atom stereocenters. The fraction of sp³-hybridized carbons (Fsp3) is 0.350. The van der Waals surface area contributed by atoms with Crippen LogP contribution in [0.1, 0.15) is 31.4 Å². The first-order valence-corrected chi connectivity index (χ1v) is 8.59. The van der Waals surface area contributed by atoms with E-state index in [0.29, 0.717) is 29.2 Å². The summed E-state index contributed by atoms with van der Waals surface area (Å²) in [5.74, 6) is 1.08. The van der Waals surface area contributed by atoms with Crippen LogP contribution >= 0.6 is 0 Å². The van der Waals surface area contributed by atoms with Crippen LogP contribution in [0.4, 0.5) is 0 Å². The number of benzene rings is 2. The smallest absolute Gasteiger partial charge is 0.274 e. The molecular weight excluding hydrogens is 332 g/mol. The Labute approximate surface area is 153 Å². The van der Waals surface area contributed by atoms with Crippen molar-refractivity contribution >= 4 is 5.71 Å². The van der Waals surface area contributed by atoms with Gasteiger partial charge in [0, 0.05) is 18.1 Å². The molecule has 0 amide bonds. The van der Waals surface area contributed by atoms with Gasteiger partial charge in [0.25, 0.3) is 5.66 Å². The van der Waals surface area contributed by atoms with E-state index >= 15 is 0 Å². The Morgan fingerprint density at radius 1 is 1.12 bits per heavy atom. The van der Waals surface area contributed by atoms with Gasteiger partial charge < -0.3 is 19.9 Å². The minimum absolute atomic E-state index is 0.409. The van der Waals surface area contributed by atoms with Gasteiger partial charge in [0.1, 0.15) is 6.04 Å². The summed E-state index contributed by atoms with van der Waals surface area (Å²) in [5.41, 5.74) is 0.702. The van der Waals surface area contributed by atoms with E-state index in [-0.39, 0.29) is 0 Å². The zero-order valence-electron chi connectivity index (χ0n) is 15.5. The van der Waals surface area contributed by atoms with Crippen LogP contribution in [0.5, 0.6) is 11.5 Å². The molecule has 6 heteroatoms. The molecule has 6 nitrogen and oxygen atoms in total. The van der Waals surface area contributed by atoms with Crippen LogP contribution in [0.2, 0.25) is 0 Å². The van der Waals surface area contributed by atoms with Crippen LogP contribution in [-0.2, 0) is 5.66 Å². The maximum Gasteiger partial charge on any atom is 0.274 e. The monoisotopic (exact) mass is 356 g/mol. The van der Waals surface area contributed by atoms with E-state index in [1.807, 2.05) is 37.3 Å². The average Bonchev–Trinajstić information content (AvgIpc) is 2.89. The highest BCUT2D eigenvalue weighted by molar-refractivity contribution is 6.01. The standard InChI is InChI=1S/C20H24N2O4/c1-5-16-19(14-9-7-6-8-10-14)22(24)20(2,21(16)23)15-11-12-17(25-3)18(13-15)26-4/h6-13,16,23H,5H2,1-4H3/t16-,20-/m1/s1. The molecule has 0 saturated heterocycles. The van der Waals surface area contributed by atoms with Crippen molar-refractivity contribution in [2.75, 3.05) is 14.2 Å². The summed E-state index contributed by atoms with van der Waals surface area (Å²) in [6.45, 7) is 3.66. The lowest BCUT2D eigenvalue weighted by Crippen LogP contribution is -2.46. The largest absolute Gasteiger partial charge is 0.622 e. The molecule has 2 aromatic carbocycles. The van der Waals surface area contributed by atoms with Gasteiger partial charge in [0.15, 0.2) is 11.5 Å². The van der Waals surface area contributed by atoms with Gasteiger partial charge in [0.05, 0.1) is 14.2 Å². The van der Waals surface area contributed by atoms with E-state index in [1.165, 1.54) is 0 Å². The van der Waals surface area contributed by atoms with E-state index < -0.39 is 11.7 Å². The molecule has 0 saturated carbocycles. The number of methoxy groups -OCH3 is 2. The SMILES string of the molecule is CC[C@@H]1C(c2ccccc2)=[N+]([O-])[C@](C)(c2ccc(OC)c(OC)c2)N1O. The van der Waals surface area contributed by atoms with Crippen molar-refractivity contribution in [1.29, 1.82) is 0 Å². The van der Waals surface area contributed by atoms with Crippen molar-refractivity contribution in [3.05, 3.63) is 64.9 Å². The quantitative estimate of drug-likeness (QED) is 0.657. The third-order valence-electron chi connectivity index (χ3n) is 5.06. The van der Waals surface area contributed by atoms with Gasteiger partial charge >= 0.3 is 0 Å². The van der Waals surface area contributed by atoms with Crippen LogP contribution in [0.15, 0.2) is 48.5 Å². The minimum Gasteiger partial charge on any atom is -0.622 e. The molecule has 2 aromatic rings. The summed E-state index contributed by atoms with van der Waals surface area (Å²) in [7, 11) is 3.10. The molecule has 0 bridgehead atoms. The van der Waals surface area contributed by atoms with Crippen LogP contribution in [0.3, 0.4) is 0 Å². The van der Waals surface area contributed by atoms with Crippen molar-refractivity contribution in [2.24, 2.45) is 0 Å². The van der Waals surface area contributed by atoms with Crippen LogP contribution in [-0.4, -0.2) is 41.0 Å². The van der Waals surface area contributed by atoms with Crippen LogP contribution in [0, 0.1) is 5.21 Å². The number of rotatable bonds is 5. The third kappa shape index (κ3) is 2.62. The Morgan fingerprint density at radius 2 is 1.77 bits per heavy atom. The van der Waals surface area contributed by atoms with Gasteiger partial charge in [-0.15, -0.1) is 5.06 Å².